The van der Waals surface area contributed by atoms with Gasteiger partial charge in [0.05, 0.1) is 16.8 Å². The summed E-state index contributed by atoms with van der Waals surface area (Å²) in [7, 11) is 0. The van der Waals surface area contributed by atoms with E-state index in [9.17, 15) is 4.79 Å². The highest BCUT2D eigenvalue weighted by molar-refractivity contribution is 6.34. The summed E-state index contributed by atoms with van der Waals surface area (Å²) in [5, 5.41) is 6.53. The number of amides is 1. The second-order valence-corrected chi connectivity index (χ2v) is 5.37. The number of halogens is 2. The average molecular weight is 333 g/mol. The quantitative estimate of drug-likeness (QED) is 0.873. The summed E-state index contributed by atoms with van der Waals surface area (Å²) in [6.07, 6.45) is 3.04. The molecule has 1 atom stereocenters. The number of benzene rings is 1. The molecule has 21 heavy (non-hydrogen) atoms. The van der Waals surface area contributed by atoms with Gasteiger partial charge in [-0.25, -0.2) is 0 Å². The molecule has 0 aromatic heterocycles. The number of carbonyl (C=O) groups is 1. The zero-order valence-electron chi connectivity index (χ0n) is 11.5. The fourth-order valence-corrected chi connectivity index (χ4v) is 2.66. The van der Waals surface area contributed by atoms with Gasteiger partial charge >= 0.3 is 0 Å². The Morgan fingerprint density at radius 2 is 1.95 bits per heavy atom. The fraction of sp³-hybridized carbons (Fsp3) is 0.500. The first kappa shape index (κ1) is 16.2. The third-order valence-corrected chi connectivity index (χ3v) is 3.83. The van der Waals surface area contributed by atoms with Crippen molar-refractivity contribution < 1.29 is 14.3 Å². The van der Waals surface area contributed by atoms with Crippen LogP contribution in [0.25, 0.3) is 0 Å². The summed E-state index contributed by atoms with van der Waals surface area (Å²) in [5.74, 6) is 1.19. The molecule has 0 bridgehead atoms. The highest BCUT2D eigenvalue weighted by Gasteiger charge is 2.22. The fourth-order valence-electron chi connectivity index (χ4n) is 2.46. The van der Waals surface area contributed by atoms with Crippen LogP contribution >= 0.6 is 24.0 Å². The van der Waals surface area contributed by atoms with Crippen LogP contribution in [0.1, 0.15) is 19.3 Å². The third kappa shape index (κ3) is 3.73. The van der Waals surface area contributed by atoms with Gasteiger partial charge in [-0.3, -0.25) is 4.79 Å². The molecule has 0 radical (unpaired) electrons. The topological polar surface area (TPSA) is 59.6 Å². The molecular formula is C14H18Cl2N2O3. The van der Waals surface area contributed by atoms with Crippen LogP contribution in [0.4, 0.5) is 5.69 Å². The van der Waals surface area contributed by atoms with E-state index in [1.165, 1.54) is 0 Å². The number of fused-ring (bicyclic) bond motifs is 1. The van der Waals surface area contributed by atoms with Crippen LogP contribution in [-0.2, 0) is 4.79 Å². The first-order valence-electron chi connectivity index (χ1n) is 6.87. The van der Waals surface area contributed by atoms with Crippen molar-refractivity contribution in [1.82, 2.24) is 5.32 Å². The van der Waals surface area contributed by atoms with Crippen LogP contribution in [0.3, 0.4) is 0 Å². The van der Waals surface area contributed by atoms with Crippen LogP contribution in [0, 0.1) is 0 Å². The molecule has 1 unspecified atom stereocenters. The first-order valence-corrected chi connectivity index (χ1v) is 7.25. The van der Waals surface area contributed by atoms with Gasteiger partial charge in [0.1, 0.15) is 13.2 Å². The Morgan fingerprint density at radius 1 is 1.24 bits per heavy atom. The summed E-state index contributed by atoms with van der Waals surface area (Å²) < 4.78 is 10.9. The van der Waals surface area contributed by atoms with E-state index in [0.717, 1.165) is 25.8 Å². The molecule has 2 heterocycles. The van der Waals surface area contributed by atoms with Gasteiger partial charge in [0.2, 0.25) is 5.91 Å². The number of rotatable bonds is 2. The lowest BCUT2D eigenvalue weighted by molar-refractivity contribution is -0.118. The Labute approximate surface area is 134 Å². The summed E-state index contributed by atoms with van der Waals surface area (Å²) in [4.78, 5) is 12.2. The number of nitrogens with one attached hydrogen (secondary N) is 2. The lowest BCUT2D eigenvalue weighted by atomic mass is 10.0. The van der Waals surface area contributed by atoms with Gasteiger partial charge in [0.15, 0.2) is 11.5 Å². The zero-order valence-corrected chi connectivity index (χ0v) is 13.1. The Morgan fingerprint density at radius 3 is 2.62 bits per heavy atom. The second-order valence-electron chi connectivity index (χ2n) is 4.97. The van der Waals surface area contributed by atoms with Gasteiger partial charge in [-0.2, -0.15) is 0 Å². The minimum Gasteiger partial charge on any atom is -0.486 e. The molecule has 5 nitrogen and oxygen atoms in total. The van der Waals surface area contributed by atoms with Gasteiger partial charge in [-0.05, 0) is 19.4 Å². The van der Waals surface area contributed by atoms with E-state index in [4.69, 9.17) is 21.1 Å². The van der Waals surface area contributed by atoms with Crippen molar-refractivity contribution in [3.8, 4) is 11.5 Å². The molecule has 1 amide bonds. The van der Waals surface area contributed by atoms with Crippen molar-refractivity contribution in [3.05, 3.63) is 17.2 Å². The summed E-state index contributed by atoms with van der Waals surface area (Å²) in [5.41, 5.74) is 0.563. The van der Waals surface area contributed by atoms with E-state index in [1.54, 1.807) is 12.1 Å². The van der Waals surface area contributed by atoms with Crippen LogP contribution in [-0.4, -0.2) is 31.7 Å². The predicted octanol–water partition coefficient (Wildman–Crippen LogP) is 2.61. The maximum Gasteiger partial charge on any atom is 0.241 e. The molecule has 7 heteroatoms. The molecule has 2 N–H and O–H groups in total. The molecule has 0 aliphatic carbocycles. The molecule has 0 spiro atoms. The average Bonchev–Trinajstić information content (AvgIpc) is 2.49. The van der Waals surface area contributed by atoms with E-state index in [0.29, 0.717) is 35.4 Å². The zero-order chi connectivity index (χ0) is 13.9. The summed E-state index contributed by atoms with van der Waals surface area (Å²) in [6, 6.07) is 3.25. The molecule has 1 aromatic rings. The maximum atomic E-state index is 12.2. The molecule has 3 rings (SSSR count). The minimum absolute atomic E-state index is 0. The molecule has 2 aliphatic rings. The number of hydrogen-bond acceptors (Lipinski definition) is 4. The Bertz CT molecular complexity index is 519. The van der Waals surface area contributed by atoms with E-state index in [1.807, 2.05) is 0 Å². The van der Waals surface area contributed by atoms with Crippen molar-refractivity contribution in [2.45, 2.75) is 25.3 Å². The molecule has 0 saturated carbocycles. The normalized spacial score (nSPS) is 20.3. The smallest absolute Gasteiger partial charge is 0.241 e. The van der Waals surface area contributed by atoms with Crippen LogP contribution in [0.2, 0.25) is 5.02 Å². The Hall–Kier alpha value is -1.17. The summed E-state index contributed by atoms with van der Waals surface area (Å²) >= 11 is 6.17. The lowest BCUT2D eigenvalue weighted by Gasteiger charge is -2.24. The molecule has 1 saturated heterocycles. The van der Waals surface area contributed by atoms with Gasteiger partial charge < -0.3 is 20.1 Å². The number of anilines is 1. The van der Waals surface area contributed by atoms with Gasteiger partial charge in [-0.15, -0.1) is 12.4 Å². The monoisotopic (exact) mass is 332 g/mol. The molecule has 1 aromatic carbocycles. The second kappa shape index (κ2) is 7.20. The maximum absolute atomic E-state index is 12.2. The molecule has 1 fully saturated rings. The first-order chi connectivity index (χ1) is 9.74. The number of hydrogen-bond donors (Lipinski definition) is 2. The molecular weight excluding hydrogens is 315 g/mol. The predicted molar refractivity (Wildman–Crippen MR) is 84.0 cm³/mol. The molecule has 2 aliphatic heterocycles. The SMILES string of the molecule is Cl.O=C(Nc1cc2c(cc1Cl)OCCO2)C1CCCCN1. The summed E-state index contributed by atoms with van der Waals surface area (Å²) in [6.45, 7) is 1.90. The number of piperidine rings is 1. The number of carbonyl (C=O) groups excluding carboxylic acids is 1. The van der Waals surface area contributed by atoms with Crippen molar-refractivity contribution in [3.63, 3.8) is 0 Å². The highest BCUT2D eigenvalue weighted by atomic mass is 35.5. The van der Waals surface area contributed by atoms with Crippen molar-refractivity contribution in [2.75, 3.05) is 25.1 Å². The minimum atomic E-state index is -0.145. The van der Waals surface area contributed by atoms with Crippen LogP contribution in [0.15, 0.2) is 12.1 Å². The van der Waals surface area contributed by atoms with Crippen molar-refractivity contribution in [1.29, 1.82) is 0 Å². The van der Waals surface area contributed by atoms with Gasteiger partial charge in [0, 0.05) is 12.1 Å². The third-order valence-electron chi connectivity index (χ3n) is 3.52. The van der Waals surface area contributed by atoms with E-state index in [-0.39, 0.29) is 24.4 Å². The van der Waals surface area contributed by atoms with Crippen molar-refractivity contribution >= 4 is 35.6 Å². The van der Waals surface area contributed by atoms with E-state index >= 15 is 0 Å². The van der Waals surface area contributed by atoms with Crippen LogP contribution in [0.5, 0.6) is 11.5 Å². The lowest BCUT2D eigenvalue weighted by Crippen LogP contribution is -2.43. The standard InChI is InChI=1S/C14H17ClN2O3.ClH/c15-9-7-12-13(20-6-5-19-12)8-11(9)17-14(18)10-3-1-2-4-16-10;/h7-8,10,16H,1-6H2,(H,17,18);1H. The largest absolute Gasteiger partial charge is 0.486 e. The number of ether oxygens (including phenoxy) is 2. The van der Waals surface area contributed by atoms with Gasteiger partial charge in [-0.1, -0.05) is 18.0 Å². The Kier molecular flexibility index (Phi) is 5.56. The van der Waals surface area contributed by atoms with Crippen LogP contribution < -0.4 is 20.1 Å². The van der Waals surface area contributed by atoms with E-state index in [2.05, 4.69) is 10.6 Å². The Balaban J connectivity index is 0.00000161. The van der Waals surface area contributed by atoms with E-state index < -0.39 is 0 Å². The van der Waals surface area contributed by atoms with Gasteiger partial charge in [0.25, 0.3) is 0 Å². The molecule has 116 valence electrons. The van der Waals surface area contributed by atoms with Crippen molar-refractivity contribution in [2.24, 2.45) is 0 Å². The highest BCUT2D eigenvalue weighted by Crippen LogP contribution is 2.38.